The Kier molecular flexibility index (Phi) is 5.43. The second-order valence-corrected chi connectivity index (χ2v) is 8.67. The van der Waals surface area contributed by atoms with Crippen molar-refractivity contribution < 1.29 is 33.6 Å². The summed E-state index contributed by atoms with van der Waals surface area (Å²) in [6.07, 6.45) is 4.75. The number of methoxy groups -OCH3 is 1. The molecule has 178 valence electrons. The zero-order chi connectivity index (χ0) is 24.9. The average molecular weight is 476 g/mol. The van der Waals surface area contributed by atoms with Gasteiger partial charge in [0.25, 0.3) is 0 Å². The van der Waals surface area contributed by atoms with Crippen molar-refractivity contribution >= 4 is 34.9 Å². The summed E-state index contributed by atoms with van der Waals surface area (Å²) in [5.74, 6) is -3.03. The van der Waals surface area contributed by atoms with E-state index < -0.39 is 40.8 Å². The number of nitro benzene ring substituents is 1. The molecule has 10 nitrogen and oxygen atoms in total. The first kappa shape index (κ1) is 22.5. The summed E-state index contributed by atoms with van der Waals surface area (Å²) >= 11 is 0. The van der Waals surface area contributed by atoms with Crippen LogP contribution in [0.15, 0.2) is 54.6 Å². The molecule has 10 heteroatoms. The molecule has 2 fully saturated rings. The zero-order valence-electron chi connectivity index (χ0n) is 18.6. The van der Waals surface area contributed by atoms with E-state index >= 15 is 0 Å². The molecule has 2 bridgehead atoms. The number of ketones is 1. The third kappa shape index (κ3) is 3.58. The van der Waals surface area contributed by atoms with Gasteiger partial charge in [-0.25, -0.2) is 9.69 Å². The molecule has 2 amide bonds. The second-order valence-electron chi connectivity index (χ2n) is 8.67. The minimum atomic E-state index is -0.893. The van der Waals surface area contributed by atoms with Crippen LogP contribution in [0.3, 0.4) is 0 Å². The molecule has 0 radical (unpaired) electrons. The number of nitro groups is 1. The molecule has 0 N–H and O–H groups in total. The van der Waals surface area contributed by atoms with Gasteiger partial charge in [-0.15, -0.1) is 0 Å². The van der Waals surface area contributed by atoms with Crippen molar-refractivity contribution in [3.05, 3.63) is 75.9 Å². The van der Waals surface area contributed by atoms with Crippen LogP contribution in [-0.2, 0) is 14.3 Å². The second kappa shape index (κ2) is 8.46. The van der Waals surface area contributed by atoms with Crippen molar-refractivity contribution in [2.24, 2.45) is 23.7 Å². The van der Waals surface area contributed by atoms with Crippen LogP contribution >= 0.6 is 0 Å². The SMILES string of the molecule is COc1ccc(C(=O)COC(=O)c2ccccc2N2C(=O)[C@@H]3[C@H](C2=O)[C@@H]2C=C[C@H]3C2)cc1[N+](=O)[O-]. The van der Waals surface area contributed by atoms with Gasteiger partial charge in [0.2, 0.25) is 17.6 Å². The predicted molar refractivity (Wildman–Crippen MR) is 121 cm³/mol. The van der Waals surface area contributed by atoms with E-state index in [9.17, 15) is 29.3 Å². The first-order chi connectivity index (χ1) is 16.8. The van der Waals surface area contributed by atoms with Crippen LogP contribution in [0.1, 0.15) is 27.1 Å². The number of ether oxygens (including phenoxy) is 2. The summed E-state index contributed by atoms with van der Waals surface area (Å²) < 4.78 is 10.1. The summed E-state index contributed by atoms with van der Waals surface area (Å²) in [7, 11) is 1.27. The molecule has 5 rings (SSSR count). The molecule has 35 heavy (non-hydrogen) atoms. The first-order valence-electron chi connectivity index (χ1n) is 11.0. The minimum Gasteiger partial charge on any atom is -0.490 e. The number of amides is 2. The number of hydrogen-bond donors (Lipinski definition) is 0. The highest BCUT2D eigenvalue weighted by molar-refractivity contribution is 6.24. The fraction of sp³-hybridized carbons (Fsp3) is 0.280. The predicted octanol–water partition coefficient (Wildman–Crippen LogP) is 2.95. The molecule has 2 aromatic rings. The lowest BCUT2D eigenvalue weighted by Gasteiger charge is -2.19. The molecule has 1 saturated carbocycles. The van der Waals surface area contributed by atoms with Crippen LogP contribution in [0.2, 0.25) is 0 Å². The maximum absolute atomic E-state index is 13.2. The van der Waals surface area contributed by atoms with E-state index in [1.54, 1.807) is 12.1 Å². The maximum atomic E-state index is 13.2. The van der Waals surface area contributed by atoms with E-state index in [0.29, 0.717) is 0 Å². The molecule has 0 unspecified atom stereocenters. The number of para-hydroxylation sites is 1. The maximum Gasteiger partial charge on any atom is 0.340 e. The van der Waals surface area contributed by atoms with Gasteiger partial charge in [0, 0.05) is 11.6 Å². The first-order valence-corrected chi connectivity index (χ1v) is 11.0. The Morgan fingerprint density at radius 1 is 1.06 bits per heavy atom. The summed E-state index contributed by atoms with van der Waals surface area (Å²) in [5, 5.41) is 11.2. The lowest BCUT2D eigenvalue weighted by Crippen LogP contribution is -2.34. The third-order valence-corrected chi connectivity index (χ3v) is 6.87. The van der Waals surface area contributed by atoms with Crippen LogP contribution < -0.4 is 9.64 Å². The van der Waals surface area contributed by atoms with E-state index in [0.717, 1.165) is 17.4 Å². The molecule has 1 aliphatic heterocycles. The van der Waals surface area contributed by atoms with Gasteiger partial charge in [-0.2, -0.15) is 0 Å². The number of imide groups is 1. The van der Waals surface area contributed by atoms with Gasteiger partial charge in [0.15, 0.2) is 12.4 Å². The van der Waals surface area contributed by atoms with E-state index in [1.807, 2.05) is 12.2 Å². The largest absolute Gasteiger partial charge is 0.490 e. The topological polar surface area (TPSA) is 133 Å². The van der Waals surface area contributed by atoms with E-state index in [2.05, 4.69) is 0 Å². The molecule has 0 aromatic heterocycles. The van der Waals surface area contributed by atoms with Crippen LogP contribution in [-0.4, -0.2) is 42.2 Å². The molecule has 2 aliphatic carbocycles. The number of rotatable bonds is 7. The number of benzene rings is 2. The number of allylic oxidation sites excluding steroid dienone is 2. The zero-order valence-corrected chi connectivity index (χ0v) is 18.6. The van der Waals surface area contributed by atoms with Crippen LogP contribution in [0.5, 0.6) is 5.75 Å². The smallest absolute Gasteiger partial charge is 0.340 e. The Balaban J connectivity index is 1.34. The molecule has 2 aromatic carbocycles. The van der Waals surface area contributed by atoms with Crippen molar-refractivity contribution in [1.29, 1.82) is 0 Å². The van der Waals surface area contributed by atoms with Crippen molar-refractivity contribution in [3.8, 4) is 5.75 Å². The Labute approximate surface area is 199 Å². The molecule has 3 aliphatic rings. The highest BCUT2D eigenvalue weighted by atomic mass is 16.6. The molecule has 1 saturated heterocycles. The van der Waals surface area contributed by atoms with Gasteiger partial charge < -0.3 is 9.47 Å². The Morgan fingerprint density at radius 3 is 2.34 bits per heavy atom. The lowest BCUT2D eigenvalue weighted by atomic mass is 9.85. The van der Waals surface area contributed by atoms with Gasteiger partial charge in [-0.3, -0.25) is 24.5 Å². The summed E-state index contributed by atoms with van der Waals surface area (Å²) in [6.45, 7) is -0.683. The Bertz CT molecular complexity index is 1290. The Morgan fingerprint density at radius 2 is 1.71 bits per heavy atom. The number of anilines is 1. The van der Waals surface area contributed by atoms with E-state index in [-0.39, 0.29) is 46.2 Å². The van der Waals surface area contributed by atoms with E-state index in [1.165, 1.54) is 31.4 Å². The molecule has 4 atom stereocenters. The van der Waals surface area contributed by atoms with Crippen molar-refractivity contribution in [1.82, 2.24) is 0 Å². The number of esters is 1. The standard InChI is InChI=1S/C25H20N2O8/c1-34-20-9-8-13(11-18(20)27(32)33)19(28)12-35-25(31)16-4-2-3-5-17(16)26-23(29)21-14-6-7-15(10-14)22(21)24(26)30/h2-9,11,14-15,21-22H,10,12H2,1H3/t14-,15+,21-,22+. The van der Waals surface area contributed by atoms with Crippen LogP contribution in [0.25, 0.3) is 0 Å². The summed E-state index contributed by atoms with van der Waals surface area (Å²) in [6, 6.07) is 9.75. The quantitative estimate of drug-likeness (QED) is 0.149. The van der Waals surface area contributed by atoms with Crippen molar-refractivity contribution in [2.45, 2.75) is 6.42 Å². The number of nitrogens with zero attached hydrogens (tertiary/aromatic N) is 2. The number of hydrogen-bond acceptors (Lipinski definition) is 8. The normalized spacial score (nSPS) is 24.0. The lowest BCUT2D eigenvalue weighted by molar-refractivity contribution is -0.385. The number of fused-ring (bicyclic) bond motifs is 5. The van der Waals surface area contributed by atoms with Gasteiger partial charge >= 0.3 is 11.7 Å². The molecular weight excluding hydrogens is 456 g/mol. The van der Waals surface area contributed by atoms with Crippen molar-refractivity contribution in [2.75, 3.05) is 18.6 Å². The van der Waals surface area contributed by atoms with Crippen LogP contribution in [0.4, 0.5) is 11.4 Å². The summed E-state index contributed by atoms with van der Waals surface area (Å²) in [4.78, 5) is 63.3. The third-order valence-electron chi connectivity index (χ3n) is 6.87. The number of carbonyl (C=O) groups is 4. The summed E-state index contributed by atoms with van der Waals surface area (Å²) in [5.41, 5.74) is -0.328. The fourth-order valence-corrected chi connectivity index (χ4v) is 5.28. The fourth-order valence-electron chi connectivity index (χ4n) is 5.28. The van der Waals surface area contributed by atoms with Gasteiger partial charge in [-0.05, 0) is 42.5 Å². The number of carbonyl (C=O) groups excluding carboxylic acids is 4. The van der Waals surface area contributed by atoms with E-state index in [4.69, 9.17) is 9.47 Å². The monoisotopic (exact) mass is 476 g/mol. The van der Waals surface area contributed by atoms with Gasteiger partial charge in [0.05, 0.1) is 35.1 Å². The molecule has 1 heterocycles. The highest BCUT2D eigenvalue weighted by Gasteiger charge is 2.59. The highest BCUT2D eigenvalue weighted by Crippen LogP contribution is 2.53. The van der Waals surface area contributed by atoms with Gasteiger partial charge in [-0.1, -0.05) is 24.3 Å². The average Bonchev–Trinajstić information content (AvgIpc) is 3.55. The van der Waals surface area contributed by atoms with Gasteiger partial charge in [0.1, 0.15) is 0 Å². The van der Waals surface area contributed by atoms with Crippen molar-refractivity contribution in [3.63, 3.8) is 0 Å². The number of Topliss-reactive ketones (excluding diaryl/α,β-unsaturated/α-hetero) is 1. The molecule has 0 spiro atoms. The molecular formula is C25H20N2O8. The van der Waals surface area contributed by atoms with Crippen LogP contribution in [0, 0.1) is 33.8 Å². The Hall–Kier alpha value is -4.34. The minimum absolute atomic E-state index is 0.00850.